The summed E-state index contributed by atoms with van der Waals surface area (Å²) < 4.78 is 30.9. The SMILES string of the molecule is Cc1cc(C)c(OC[C@H](O)CNc2cc[nH]c(=O)c2-c2nc3cc4c(cc3[nH]2)C(=O)N(C2CCN(C)CC2)C4=O)c(S(C)(=O)=O)c1C. The largest absolute Gasteiger partial charge is 0.489 e. The molecule has 0 aliphatic carbocycles. The number of carbonyl (C=O) groups excluding carboxylic acids is 2. The molecule has 14 heteroatoms. The number of nitrogens with zero attached hydrogens (tertiary/aromatic N) is 3. The maximum Gasteiger partial charge on any atom is 0.261 e. The molecule has 6 rings (SSSR count). The van der Waals surface area contributed by atoms with E-state index in [0.717, 1.165) is 37.8 Å². The number of anilines is 1. The zero-order valence-electron chi connectivity index (χ0n) is 26.9. The van der Waals surface area contributed by atoms with Crippen molar-refractivity contribution in [1.29, 1.82) is 0 Å². The van der Waals surface area contributed by atoms with Gasteiger partial charge in [0.15, 0.2) is 9.84 Å². The fourth-order valence-electron chi connectivity index (χ4n) is 6.45. The van der Waals surface area contributed by atoms with Gasteiger partial charge in [0.2, 0.25) is 0 Å². The lowest BCUT2D eigenvalue weighted by Gasteiger charge is -2.33. The van der Waals surface area contributed by atoms with Crippen molar-refractivity contribution in [2.75, 3.05) is 44.9 Å². The molecular weight excluding hydrogens is 624 g/mol. The van der Waals surface area contributed by atoms with E-state index >= 15 is 0 Å². The average Bonchev–Trinajstić information content (AvgIpc) is 3.53. The van der Waals surface area contributed by atoms with Gasteiger partial charge in [0.1, 0.15) is 34.7 Å². The smallest absolute Gasteiger partial charge is 0.261 e. The number of pyridine rings is 1. The Morgan fingerprint density at radius 2 is 1.74 bits per heavy atom. The topological polar surface area (TPSA) is 178 Å². The van der Waals surface area contributed by atoms with Crippen LogP contribution in [-0.2, 0) is 9.84 Å². The number of likely N-dealkylation sites (tertiary alicyclic amines) is 1. The van der Waals surface area contributed by atoms with Crippen molar-refractivity contribution in [1.82, 2.24) is 24.8 Å². The highest BCUT2D eigenvalue weighted by Crippen LogP contribution is 2.34. The summed E-state index contributed by atoms with van der Waals surface area (Å²) in [6, 6.07) is 6.52. The fourth-order valence-corrected chi connectivity index (χ4v) is 7.72. The summed E-state index contributed by atoms with van der Waals surface area (Å²) in [4.78, 5) is 53.8. The molecular formula is C33H38N6O7S. The standard InChI is InChI=1S/C33H38N6O7S/c1-17-12-18(2)28(29(19(17)3)47(5,44)45)46-16-21(40)15-35-24-6-9-34-31(41)27(24)30-36-25-13-22-23(14-26(25)37-30)33(43)39(32(22)42)20-7-10-38(4)11-8-20/h6,9,12-14,20-21,40H,7-8,10-11,15-16H2,1-5H3,(H,36,37)(H2,34,35,41)/t21-/m1/s1. The fraction of sp³-hybridized carbons (Fsp3) is 0.394. The van der Waals surface area contributed by atoms with Gasteiger partial charge >= 0.3 is 0 Å². The van der Waals surface area contributed by atoms with Crippen LogP contribution in [0.5, 0.6) is 5.75 Å². The monoisotopic (exact) mass is 662 g/mol. The van der Waals surface area contributed by atoms with Gasteiger partial charge in [0.25, 0.3) is 17.4 Å². The Hall–Kier alpha value is -4.53. The number of imide groups is 1. The van der Waals surface area contributed by atoms with Crippen molar-refractivity contribution in [2.24, 2.45) is 0 Å². The van der Waals surface area contributed by atoms with E-state index in [2.05, 4.69) is 25.2 Å². The number of rotatable bonds is 9. The molecule has 2 aromatic carbocycles. The van der Waals surface area contributed by atoms with Gasteiger partial charge in [-0.05, 0) is 88.6 Å². The molecule has 2 aromatic heterocycles. The molecule has 13 nitrogen and oxygen atoms in total. The third kappa shape index (κ3) is 6.03. The van der Waals surface area contributed by atoms with Crippen LogP contribution in [0.15, 0.2) is 40.2 Å². The van der Waals surface area contributed by atoms with Crippen molar-refractivity contribution in [3.05, 3.63) is 68.6 Å². The van der Waals surface area contributed by atoms with Crippen LogP contribution in [0.1, 0.15) is 50.2 Å². The van der Waals surface area contributed by atoms with Crippen LogP contribution in [0.25, 0.3) is 22.4 Å². The third-order valence-corrected chi connectivity index (χ3v) is 10.3. The summed E-state index contributed by atoms with van der Waals surface area (Å²) in [6.45, 7) is 6.69. The minimum atomic E-state index is -3.60. The number of aliphatic hydroxyl groups is 1. The maximum atomic E-state index is 13.4. The number of H-pyrrole nitrogens is 2. The quantitative estimate of drug-likeness (QED) is 0.195. The highest BCUT2D eigenvalue weighted by atomic mass is 32.2. The molecule has 0 saturated carbocycles. The maximum absolute atomic E-state index is 13.4. The van der Waals surface area contributed by atoms with E-state index in [0.29, 0.717) is 39.0 Å². The van der Waals surface area contributed by atoms with Gasteiger partial charge in [-0.1, -0.05) is 6.07 Å². The van der Waals surface area contributed by atoms with Crippen molar-refractivity contribution < 1.29 is 27.9 Å². The van der Waals surface area contributed by atoms with E-state index in [4.69, 9.17) is 4.74 Å². The van der Waals surface area contributed by atoms with Crippen molar-refractivity contribution in [3.63, 3.8) is 0 Å². The number of aryl methyl sites for hydroxylation is 2. The van der Waals surface area contributed by atoms with E-state index in [9.17, 15) is 27.9 Å². The minimum absolute atomic E-state index is 0.0289. The number of nitrogens with one attached hydrogen (secondary N) is 3. The number of amides is 2. The first kappa shape index (κ1) is 32.4. The number of aromatic amines is 2. The van der Waals surface area contributed by atoms with E-state index in [-0.39, 0.29) is 53.0 Å². The van der Waals surface area contributed by atoms with Crippen molar-refractivity contribution in [2.45, 2.75) is 50.7 Å². The van der Waals surface area contributed by atoms with Gasteiger partial charge in [0, 0.05) is 25.0 Å². The lowest BCUT2D eigenvalue weighted by molar-refractivity contribution is 0.0516. The summed E-state index contributed by atoms with van der Waals surface area (Å²) in [5.74, 6) is -0.239. The van der Waals surface area contributed by atoms with Gasteiger partial charge in [-0.15, -0.1) is 0 Å². The van der Waals surface area contributed by atoms with Crippen molar-refractivity contribution >= 4 is 38.4 Å². The Balaban J connectivity index is 1.21. The van der Waals surface area contributed by atoms with Crippen LogP contribution in [0.2, 0.25) is 0 Å². The lowest BCUT2D eigenvalue weighted by atomic mass is 10.0. The zero-order valence-corrected chi connectivity index (χ0v) is 27.7. The van der Waals surface area contributed by atoms with Gasteiger partial charge in [-0.3, -0.25) is 19.3 Å². The Labute approximate surface area is 271 Å². The molecule has 1 saturated heterocycles. The number of carbonyl (C=O) groups is 2. The summed E-state index contributed by atoms with van der Waals surface area (Å²) in [7, 11) is -1.58. The van der Waals surface area contributed by atoms with E-state index in [1.807, 2.05) is 20.0 Å². The number of piperidine rings is 1. The van der Waals surface area contributed by atoms with Crippen LogP contribution in [-0.4, -0.2) is 102 Å². The third-order valence-electron chi connectivity index (χ3n) is 9.02. The molecule has 47 heavy (non-hydrogen) atoms. The molecule has 2 amide bonds. The predicted octanol–water partition coefficient (Wildman–Crippen LogP) is 2.79. The summed E-state index contributed by atoms with van der Waals surface area (Å²) in [5.41, 5.74) is 3.67. The molecule has 2 aliphatic heterocycles. The molecule has 4 aromatic rings. The molecule has 4 N–H and O–H groups in total. The second-order valence-electron chi connectivity index (χ2n) is 12.5. The van der Waals surface area contributed by atoms with Crippen LogP contribution < -0.4 is 15.6 Å². The summed E-state index contributed by atoms with van der Waals surface area (Å²) >= 11 is 0. The number of aromatic nitrogens is 3. The Kier molecular flexibility index (Phi) is 8.45. The predicted molar refractivity (Wildman–Crippen MR) is 177 cm³/mol. The van der Waals surface area contributed by atoms with Gasteiger partial charge in [0.05, 0.1) is 27.8 Å². The van der Waals surface area contributed by atoms with Gasteiger partial charge < -0.3 is 30.0 Å². The number of benzene rings is 2. The first-order valence-electron chi connectivity index (χ1n) is 15.4. The molecule has 0 spiro atoms. The highest BCUT2D eigenvalue weighted by molar-refractivity contribution is 7.90. The molecule has 248 valence electrons. The Morgan fingerprint density at radius 1 is 1.06 bits per heavy atom. The van der Waals surface area contributed by atoms with Crippen LogP contribution in [0, 0.1) is 20.8 Å². The Bertz CT molecular complexity index is 2030. The zero-order chi connectivity index (χ0) is 33.8. The van der Waals surface area contributed by atoms with Crippen LogP contribution >= 0.6 is 0 Å². The van der Waals surface area contributed by atoms with Crippen LogP contribution in [0.3, 0.4) is 0 Å². The first-order chi connectivity index (χ1) is 22.2. The summed E-state index contributed by atoms with van der Waals surface area (Å²) in [5, 5.41) is 13.9. The lowest BCUT2D eigenvalue weighted by Crippen LogP contribution is -2.46. The van der Waals surface area contributed by atoms with Gasteiger partial charge in [-0.25, -0.2) is 13.4 Å². The van der Waals surface area contributed by atoms with E-state index in [1.165, 1.54) is 11.1 Å². The number of sulfone groups is 1. The summed E-state index contributed by atoms with van der Waals surface area (Å²) in [6.07, 6.45) is 2.96. The Morgan fingerprint density at radius 3 is 2.43 bits per heavy atom. The molecule has 0 bridgehead atoms. The average molecular weight is 663 g/mol. The van der Waals surface area contributed by atoms with E-state index < -0.39 is 21.5 Å². The molecule has 0 unspecified atom stereocenters. The molecule has 0 radical (unpaired) electrons. The minimum Gasteiger partial charge on any atom is -0.489 e. The number of hydrogen-bond donors (Lipinski definition) is 4. The van der Waals surface area contributed by atoms with E-state index in [1.54, 1.807) is 32.0 Å². The van der Waals surface area contributed by atoms with Crippen molar-refractivity contribution in [3.8, 4) is 17.1 Å². The first-order valence-corrected chi connectivity index (χ1v) is 17.3. The molecule has 4 heterocycles. The highest BCUT2D eigenvalue weighted by Gasteiger charge is 2.41. The molecule has 1 fully saturated rings. The molecule has 2 aliphatic rings. The van der Waals surface area contributed by atoms with Crippen LogP contribution in [0.4, 0.5) is 5.69 Å². The number of ether oxygens (including phenoxy) is 1. The second kappa shape index (κ2) is 12.2. The normalized spacial score (nSPS) is 16.6. The second-order valence-corrected chi connectivity index (χ2v) is 14.5. The van der Waals surface area contributed by atoms with Gasteiger partial charge in [-0.2, -0.15) is 0 Å². The number of fused-ring (bicyclic) bond motifs is 2. The molecule has 1 atom stereocenters. The number of hydrogen-bond acceptors (Lipinski definition) is 10. The number of imidazole rings is 1. The number of aliphatic hydroxyl groups excluding tert-OH is 1.